The van der Waals surface area contributed by atoms with Gasteiger partial charge in [0.25, 0.3) is 5.91 Å². The van der Waals surface area contributed by atoms with E-state index in [0.717, 1.165) is 11.5 Å². The molecule has 7 heteroatoms. The summed E-state index contributed by atoms with van der Waals surface area (Å²) >= 11 is 0.938. The third-order valence-corrected chi connectivity index (χ3v) is 4.15. The van der Waals surface area contributed by atoms with Gasteiger partial charge < -0.3 is 15.1 Å². The van der Waals surface area contributed by atoms with Crippen molar-refractivity contribution in [3.8, 4) is 5.75 Å². The van der Waals surface area contributed by atoms with Crippen LogP contribution in [0.15, 0.2) is 18.2 Å². The van der Waals surface area contributed by atoms with Crippen molar-refractivity contribution in [3.05, 3.63) is 40.6 Å². The molecule has 21 heavy (non-hydrogen) atoms. The first-order valence-electron chi connectivity index (χ1n) is 6.10. The van der Waals surface area contributed by atoms with E-state index in [9.17, 15) is 19.8 Å². The average Bonchev–Trinajstić information content (AvgIpc) is 2.82. The number of carbonyl (C=O) groups is 2. The van der Waals surface area contributed by atoms with Crippen LogP contribution in [0.3, 0.4) is 0 Å². The Labute approximate surface area is 125 Å². The molecule has 2 rings (SSSR count). The second kappa shape index (κ2) is 5.53. The summed E-state index contributed by atoms with van der Waals surface area (Å²) in [5.41, 5.74) is 1.06. The molecule has 0 saturated heterocycles. The van der Waals surface area contributed by atoms with Crippen LogP contribution in [0, 0.1) is 13.8 Å². The molecular formula is C14H14N2O4S. The summed E-state index contributed by atoms with van der Waals surface area (Å²) < 4.78 is 3.98. The van der Waals surface area contributed by atoms with Gasteiger partial charge in [-0.1, -0.05) is 12.1 Å². The number of anilines is 1. The number of para-hydroxylation sites is 1. The molecule has 0 unspecified atom stereocenters. The lowest BCUT2D eigenvalue weighted by atomic mass is 10.1. The van der Waals surface area contributed by atoms with Gasteiger partial charge in [-0.3, -0.25) is 4.79 Å². The van der Waals surface area contributed by atoms with E-state index in [1.54, 1.807) is 26.0 Å². The van der Waals surface area contributed by atoms with Crippen molar-refractivity contribution in [1.29, 1.82) is 0 Å². The first-order chi connectivity index (χ1) is 9.84. The van der Waals surface area contributed by atoms with Gasteiger partial charge in [0.1, 0.15) is 16.3 Å². The summed E-state index contributed by atoms with van der Waals surface area (Å²) in [6, 6.07) is 4.84. The molecule has 1 heterocycles. The summed E-state index contributed by atoms with van der Waals surface area (Å²) in [4.78, 5) is 24.9. The SMILES string of the molecule is Cc1cccc(C(=O)N(C)c2snc(C)c2C(=O)O)c1O. The van der Waals surface area contributed by atoms with Gasteiger partial charge in [-0.15, -0.1) is 0 Å². The highest BCUT2D eigenvalue weighted by Crippen LogP contribution is 2.31. The van der Waals surface area contributed by atoms with Crippen molar-refractivity contribution in [2.45, 2.75) is 13.8 Å². The molecule has 0 aliphatic heterocycles. The van der Waals surface area contributed by atoms with E-state index in [4.69, 9.17) is 0 Å². The minimum atomic E-state index is -1.13. The molecule has 0 saturated carbocycles. The maximum absolute atomic E-state index is 12.5. The van der Waals surface area contributed by atoms with Crippen molar-refractivity contribution >= 4 is 28.4 Å². The highest BCUT2D eigenvalue weighted by Gasteiger charge is 2.26. The minimum absolute atomic E-state index is 0.00277. The van der Waals surface area contributed by atoms with Crippen LogP contribution in [-0.4, -0.2) is 33.5 Å². The van der Waals surface area contributed by atoms with Crippen LogP contribution in [-0.2, 0) is 0 Å². The van der Waals surface area contributed by atoms with Crippen molar-refractivity contribution in [2.75, 3.05) is 11.9 Å². The lowest BCUT2D eigenvalue weighted by Crippen LogP contribution is -2.27. The fourth-order valence-corrected chi connectivity index (χ4v) is 2.78. The zero-order valence-electron chi connectivity index (χ0n) is 11.7. The molecule has 0 bridgehead atoms. The smallest absolute Gasteiger partial charge is 0.340 e. The molecule has 0 aliphatic carbocycles. The normalized spacial score (nSPS) is 10.4. The van der Waals surface area contributed by atoms with Crippen LogP contribution in [0.1, 0.15) is 32.0 Å². The number of benzene rings is 1. The van der Waals surface area contributed by atoms with E-state index in [1.165, 1.54) is 18.0 Å². The van der Waals surface area contributed by atoms with Crippen LogP contribution < -0.4 is 4.90 Å². The molecule has 1 aromatic carbocycles. The van der Waals surface area contributed by atoms with E-state index in [-0.39, 0.29) is 21.9 Å². The number of nitrogens with zero attached hydrogens (tertiary/aromatic N) is 2. The predicted molar refractivity (Wildman–Crippen MR) is 79.4 cm³/mol. The number of hydrogen-bond donors (Lipinski definition) is 2. The van der Waals surface area contributed by atoms with Crippen LogP contribution >= 0.6 is 11.5 Å². The van der Waals surface area contributed by atoms with Gasteiger partial charge in [0.2, 0.25) is 0 Å². The quantitative estimate of drug-likeness (QED) is 0.909. The molecule has 0 atom stereocenters. The van der Waals surface area contributed by atoms with Crippen LogP contribution in [0.2, 0.25) is 0 Å². The molecule has 0 aliphatic rings. The number of carbonyl (C=O) groups excluding carboxylic acids is 1. The molecule has 2 N–H and O–H groups in total. The third kappa shape index (κ3) is 2.59. The number of phenolic OH excluding ortho intramolecular Hbond substituents is 1. The molecular weight excluding hydrogens is 292 g/mol. The number of carboxylic acids is 1. The van der Waals surface area contributed by atoms with Gasteiger partial charge in [-0.25, -0.2) is 4.79 Å². The van der Waals surface area contributed by atoms with Crippen LogP contribution in [0.4, 0.5) is 5.00 Å². The largest absolute Gasteiger partial charge is 0.507 e. The summed E-state index contributed by atoms with van der Waals surface area (Å²) in [5, 5.41) is 19.4. The molecule has 110 valence electrons. The predicted octanol–water partition coefficient (Wildman–Crippen LogP) is 2.44. The van der Waals surface area contributed by atoms with Gasteiger partial charge in [0.05, 0.1) is 11.3 Å². The monoisotopic (exact) mass is 306 g/mol. The lowest BCUT2D eigenvalue weighted by molar-refractivity contribution is 0.0697. The minimum Gasteiger partial charge on any atom is -0.507 e. The number of hydrogen-bond acceptors (Lipinski definition) is 5. The number of aromatic carboxylic acids is 1. The number of aromatic nitrogens is 1. The molecule has 1 aromatic heterocycles. The highest BCUT2D eigenvalue weighted by molar-refractivity contribution is 7.11. The Morgan fingerprint density at radius 2 is 1.95 bits per heavy atom. The van der Waals surface area contributed by atoms with Crippen molar-refractivity contribution in [1.82, 2.24) is 4.37 Å². The molecule has 6 nitrogen and oxygen atoms in total. The average molecular weight is 306 g/mol. The molecule has 0 spiro atoms. The Bertz CT molecular complexity index is 724. The van der Waals surface area contributed by atoms with Gasteiger partial charge in [-0.2, -0.15) is 4.37 Å². The molecule has 0 fully saturated rings. The Balaban J connectivity index is 2.45. The lowest BCUT2D eigenvalue weighted by Gasteiger charge is -2.17. The standard InChI is InChI=1S/C14H14N2O4S/c1-7-5-4-6-9(11(7)17)12(18)16(3)13-10(14(19)20)8(2)15-21-13/h4-6,17H,1-3H3,(H,19,20). The Hall–Kier alpha value is -2.41. The van der Waals surface area contributed by atoms with Gasteiger partial charge in [0, 0.05) is 7.05 Å². The third-order valence-electron chi connectivity index (χ3n) is 3.14. The number of aromatic hydroxyl groups is 1. The fourth-order valence-electron chi connectivity index (χ4n) is 1.94. The topological polar surface area (TPSA) is 90.7 Å². The second-order valence-corrected chi connectivity index (χ2v) is 5.34. The highest BCUT2D eigenvalue weighted by atomic mass is 32.1. The Kier molecular flexibility index (Phi) is 3.95. The summed E-state index contributed by atoms with van der Waals surface area (Å²) in [6.07, 6.45) is 0. The first kappa shape index (κ1) is 15.0. The molecule has 1 amide bonds. The number of amides is 1. The van der Waals surface area contributed by atoms with E-state index < -0.39 is 11.9 Å². The van der Waals surface area contributed by atoms with Crippen molar-refractivity contribution < 1.29 is 19.8 Å². The number of carboxylic acid groups (broad SMARTS) is 1. The van der Waals surface area contributed by atoms with Gasteiger partial charge >= 0.3 is 5.97 Å². The maximum atomic E-state index is 12.5. The summed E-state index contributed by atoms with van der Waals surface area (Å²) in [7, 11) is 1.46. The fraction of sp³-hybridized carbons (Fsp3) is 0.214. The molecule has 0 radical (unpaired) electrons. The summed E-state index contributed by atoms with van der Waals surface area (Å²) in [6.45, 7) is 3.26. The zero-order chi connectivity index (χ0) is 15.7. The Morgan fingerprint density at radius 3 is 2.57 bits per heavy atom. The Morgan fingerprint density at radius 1 is 1.29 bits per heavy atom. The number of phenols is 1. The second-order valence-electron chi connectivity index (χ2n) is 4.59. The van der Waals surface area contributed by atoms with E-state index in [2.05, 4.69) is 4.37 Å². The van der Waals surface area contributed by atoms with Crippen LogP contribution in [0.25, 0.3) is 0 Å². The maximum Gasteiger partial charge on any atom is 0.340 e. The first-order valence-corrected chi connectivity index (χ1v) is 6.88. The molecule has 2 aromatic rings. The van der Waals surface area contributed by atoms with Crippen LogP contribution in [0.5, 0.6) is 5.75 Å². The number of rotatable bonds is 3. The van der Waals surface area contributed by atoms with Crippen molar-refractivity contribution in [2.24, 2.45) is 0 Å². The summed E-state index contributed by atoms with van der Waals surface area (Å²) in [5.74, 6) is -1.72. The van der Waals surface area contributed by atoms with Gasteiger partial charge in [-0.05, 0) is 37.0 Å². The number of aryl methyl sites for hydroxylation is 2. The van der Waals surface area contributed by atoms with Gasteiger partial charge in [0.15, 0.2) is 0 Å². The van der Waals surface area contributed by atoms with Crippen molar-refractivity contribution in [3.63, 3.8) is 0 Å². The van der Waals surface area contributed by atoms with E-state index in [1.807, 2.05) is 0 Å². The van der Waals surface area contributed by atoms with E-state index >= 15 is 0 Å². The van der Waals surface area contributed by atoms with E-state index in [0.29, 0.717) is 11.3 Å². The zero-order valence-corrected chi connectivity index (χ0v) is 12.6.